The van der Waals surface area contributed by atoms with Crippen LogP contribution in [0.4, 0.5) is 0 Å². The molecule has 4 aliphatic carbocycles. The van der Waals surface area contributed by atoms with Gasteiger partial charge in [0.2, 0.25) is 0 Å². The first-order valence-corrected chi connectivity index (χ1v) is 23.4. The lowest BCUT2D eigenvalue weighted by Crippen LogP contribution is -2.59. The maximum absolute atomic E-state index is 12.9. The van der Waals surface area contributed by atoms with Gasteiger partial charge in [0.15, 0.2) is 0 Å². The molecule has 4 aliphatic rings. The number of ether oxygens (including phenoxy) is 1. The number of aliphatic carboxylic acids is 1. The van der Waals surface area contributed by atoms with Crippen molar-refractivity contribution >= 4 is 11.9 Å². The zero-order valence-electron chi connectivity index (χ0n) is 35.1. The Kier molecular flexibility index (Phi) is 19.3. The van der Waals surface area contributed by atoms with Crippen molar-refractivity contribution in [2.75, 3.05) is 0 Å². The van der Waals surface area contributed by atoms with Crippen LogP contribution in [0.5, 0.6) is 0 Å². The summed E-state index contributed by atoms with van der Waals surface area (Å²) in [7, 11) is 0. The summed E-state index contributed by atoms with van der Waals surface area (Å²) in [6.07, 6.45) is 39.8. The van der Waals surface area contributed by atoms with E-state index in [4.69, 9.17) is 4.74 Å². The van der Waals surface area contributed by atoms with E-state index >= 15 is 0 Å². The number of carbonyl (C=O) groups is 2. The summed E-state index contributed by atoms with van der Waals surface area (Å²) in [5, 5.41) is 21.1. The van der Waals surface area contributed by atoms with Crippen LogP contribution >= 0.6 is 0 Å². The number of carboxylic acids is 1. The van der Waals surface area contributed by atoms with Crippen molar-refractivity contribution in [1.82, 2.24) is 0 Å². The minimum absolute atomic E-state index is 0.0111. The second-order valence-electron chi connectivity index (χ2n) is 19.2. The van der Waals surface area contributed by atoms with Gasteiger partial charge in [-0.25, -0.2) is 0 Å². The molecule has 0 aliphatic heterocycles. The van der Waals surface area contributed by atoms with Crippen LogP contribution in [0, 0.1) is 46.3 Å². The first-order valence-electron chi connectivity index (χ1n) is 23.4. The van der Waals surface area contributed by atoms with Crippen molar-refractivity contribution in [1.29, 1.82) is 0 Å². The monoisotopic (exact) mass is 741 g/mol. The number of carbonyl (C=O) groups excluding carboxylic acids is 1. The van der Waals surface area contributed by atoms with Crippen LogP contribution in [-0.2, 0) is 14.3 Å². The molecule has 5 heteroatoms. The summed E-state index contributed by atoms with van der Waals surface area (Å²) in [5.74, 6) is 2.33. The van der Waals surface area contributed by atoms with Crippen LogP contribution in [0.3, 0.4) is 0 Å². The Bertz CT molecular complexity index is 1090. The Labute approximate surface area is 326 Å². The van der Waals surface area contributed by atoms with Gasteiger partial charge in [-0.05, 0) is 136 Å². The maximum atomic E-state index is 12.9. The van der Waals surface area contributed by atoms with Crippen molar-refractivity contribution in [2.24, 2.45) is 46.3 Å². The van der Waals surface area contributed by atoms with E-state index in [-0.39, 0.29) is 35.4 Å². The van der Waals surface area contributed by atoms with Gasteiger partial charge >= 0.3 is 11.9 Å². The molecule has 53 heavy (non-hydrogen) atoms. The summed E-state index contributed by atoms with van der Waals surface area (Å²) in [6.45, 7) is 9.36. The summed E-state index contributed by atoms with van der Waals surface area (Å²) in [4.78, 5) is 24.1. The van der Waals surface area contributed by atoms with Gasteiger partial charge in [-0.15, -0.1) is 0 Å². The Hall–Kier alpha value is -1.36. The molecule has 2 N–H and O–H groups in total. The van der Waals surface area contributed by atoms with E-state index in [1.54, 1.807) is 0 Å². The van der Waals surface area contributed by atoms with Gasteiger partial charge in [0.25, 0.3) is 0 Å². The number of aliphatic hydroxyl groups excluding tert-OH is 1. The van der Waals surface area contributed by atoms with Crippen molar-refractivity contribution in [3.63, 3.8) is 0 Å². The van der Waals surface area contributed by atoms with Crippen LogP contribution in [-0.4, -0.2) is 34.4 Å². The molecule has 0 aromatic carbocycles. The molecule has 10 atom stereocenters. The Balaban J connectivity index is 1.02. The Morgan fingerprint density at radius 1 is 0.717 bits per heavy atom. The molecule has 0 amide bonds. The summed E-state index contributed by atoms with van der Waals surface area (Å²) >= 11 is 0. The number of aliphatic hydroxyl groups is 1. The van der Waals surface area contributed by atoms with E-state index in [1.807, 2.05) is 0 Å². The molecule has 0 bridgehead atoms. The average Bonchev–Trinajstić information content (AvgIpc) is 3.50. The molecular formula is C48H84O5. The molecule has 0 aromatic rings. The molecular weight excluding hydrogens is 657 g/mol. The van der Waals surface area contributed by atoms with Crippen LogP contribution in [0.1, 0.15) is 220 Å². The number of unbranched alkanes of at least 4 members (excludes halogenated alkanes) is 17. The summed E-state index contributed by atoms with van der Waals surface area (Å²) in [6, 6.07) is 0. The number of carboxylic acid groups (broad SMARTS) is 1. The Morgan fingerprint density at radius 3 is 1.91 bits per heavy atom. The van der Waals surface area contributed by atoms with E-state index < -0.39 is 5.97 Å². The van der Waals surface area contributed by atoms with Gasteiger partial charge in [-0.3, -0.25) is 9.59 Å². The maximum Gasteiger partial charge on any atom is 0.306 e. The van der Waals surface area contributed by atoms with Gasteiger partial charge in [-0.1, -0.05) is 130 Å². The SMILES string of the molecule is CCCCCCCCCC/C=C\CCCCCCCCCCCC(=O)OC1CCC2(C)C(CCC3C2CC(O)C2(C)C(C(C)CCC(=O)O)CCC32)C1. The third-order valence-corrected chi connectivity index (χ3v) is 15.7. The molecule has 4 fully saturated rings. The largest absolute Gasteiger partial charge is 0.481 e. The first-order chi connectivity index (χ1) is 25.6. The molecule has 0 saturated heterocycles. The van der Waals surface area contributed by atoms with Crippen molar-refractivity contribution < 1.29 is 24.5 Å². The van der Waals surface area contributed by atoms with Gasteiger partial charge < -0.3 is 14.9 Å². The van der Waals surface area contributed by atoms with Crippen LogP contribution in [0.2, 0.25) is 0 Å². The van der Waals surface area contributed by atoms with Crippen molar-refractivity contribution in [3.8, 4) is 0 Å². The molecule has 5 nitrogen and oxygen atoms in total. The third kappa shape index (κ3) is 12.8. The van der Waals surface area contributed by atoms with Gasteiger partial charge in [-0.2, -0.15) is 0 Å². The number of fused-ring (bicyclic) bond motifs is 5. The zero-order chi connectivity index (χ0) is 38.1. The van der Waals surface area contributed by atoms with E-state index in [0.717, 1.165) is 44.9 Å². The minimum Gasteiger partial charge on any atom is -0.481 e. The van der Waals surface area contributed by atoms with E-state index in [2.05, 4.69) is 39.8 Å². The quantitative estimate of drug-likeness (QED) is 0.0524. The molecule has 0 aromatic heterocycles. The van der Waals surface area contributed by atoms with Gasteiger partial charge in [0.1, 0.15) is 6.10 Å². The molecule has 0 heterocycles. The number of rotatable bonds is 26. The van der Waals surface area contributed by atoms with Crippen molar-refractivity contribution in [2.45, 2.75) is 233 Å². The topological polar surface area (TPSA) is 83.8 Å². The second-order valence-corrected chi connectivity index (χ2v) is 19.2. The van der Waals surface area contributed by atoms with E-state index in [1.165, 1.54) is 128 Å². The van der Waals surface area contributed by atoms with E-state index in [9.17, 15) is 19.8 Å². The molecule has 0 radical (unpaired) electrons. The van der Waals surface area contributed by atoms with Crippen LogP contribution in [0.25, 0.3) is 0 Å². The minimum atomic E-state index is -0.710. The zero-order valence-corrected chi connectivity index (χ0v) is 35.1. The lowest BCUT2D eigenvalue weighted by Gasteiger charge is -2.62. The molecule has 0 spiro atoms. The standard InChI is InChI=1S/C48H84O5/c1-5-6-7-8-9-10-11-12-13-14-15-16-17-18-19-20-21-22-23-24-25-26-46(52)53-39-33-34-47(3)38(35-39)28-29-40-42-31-30-41(37(2)27-32-45(50)51)48(42,4)44(49)36-43(40)47/h14-15,37-44,49H,5-13,16-36H2,1-4H3,(H,50,51)/b15-14-. The fourth-order valence-corrected chi connectivity index (χ4v) is 12.4. The fraction of sp³-hybridized carbons (Fsp3) is 0.917. The smallest absolute Gasteiger partial charge is 0.306 e. The Morgan fingerprint density at radius 2 is 1.30 bits per heavy atom. The van der Waals surface area contributed by atoms with Gasteiger partial charge in [0, 0.05) is 12.8 Å². The van der Waals surface area contributed by atoms with Gasteiger partial charge in [0.05, 0.1) is 6.10 Å². The highest BCUT2D eigenvalue weighted by molar-refractivity contribution is 5.69. The normalized spacial score (nSPS) is 33.0. The molecule has 306 valence electrons. The number of hydrogen-bond acceptors (Lipinski definition) is 4. The molecule has 10 unspecified atom stereocenters. The molecule has 4 saturated carbocycles. The van der Waals surface area contributed by atoms with E-state index in [0.29, 0.717) is 48.3 Å². The number of esters is 1. The third-order valence-electron chi connectivity index (χ3n) is 15.7. The van der Waals surface area contributed by atoms with Crippen LogP contribution in [0.15, 0.2) is 12.2 Å². The van der Waals surface area contributed by atoms with Crippen molar-refractivity contribution in [3.05, 3.63) is 12.2 Å². The predicted octanol–water partition coefficient (Wildman–Crippen LogP) is 13.4. The summed E-state index contributed by atoms with van der Waals surface area (Å²) < 4.78 is 6.12. The lowest BCUT2D eigenvalue weighted by molar-refractivity contribution is -0.181. The first kappa shape index (κ1) is 44.4. The highest BCUT2D eigenvalue weighted by Gasteiger charge is 2.63. The second kappa shape index (κ2) is 23.0. The lowest BCUT2D eigenvalue weighted by atomic mass is 9.43. The summed E-state index contributed by atoms with van der Waals surface area (Å²) in [5.41, 5.74) is 0.114. The number of hydrogen-bond donors (Lipinski definition) is 2. The molecule has 4 rings (SSSR count). The predicted molar refractivity (Wildman–Crippen MR) is 220 cm³/mol. The number of allylic oxidation sites excluding steroid dienone is 2. The van der Waals surface area contributed by atoms with Crippen LogP contribution < -0.4 is 0 Å². The fourth-order valence-electron chi connectivity index (χ4n) is 12.4. The average molecular weight is 741 g/mol. The highest BCUT2D eigenvalue weighted by atomic mass is 16.5. The highest BCUT2D eigenvalue weighted by Crippen LogP contribution is 2.68.